The zero-order valence-corrected chi connectivity index (χ0v) is 14.0. The maximum atomic E-state index is 12.9. The quantitative estimate of drug-likeness (QED) is 0.853. The summed E-state index contributed by atoms with van der Waals surface area (Å²) in [5.74, 6) is -0.0453. The van der Waals surface area contributed by atoms with Crippen LogP contribution in [0.2, 0.25) is 0 Å². The molecule has 3 atom stereocenters. The van der Waals surface area contributed by atoms with E-state index < -0.39 is 0 Å². The van der Waals surface area contributed by atoms with Gasteiger partial charge in [0.1, 0.15) is 17.9 Å². The molecule has 6 nitrogen and oxygen atoms in total. The number of aromatic nitrogens is 2. The topological polar surface area (TPSA) is 64.6 Å². The van der Waals surface area contributed by atoms with Gasteiger partial charge in [0, 0.05) is 25.2 Å². The van der Waals surface area contributed by atoms with Crippen LogP contribution in [-0.2, 0) is 16.1 Å². The molecule has 4 rings (SSSR count). The summed E-state index contributed by atoms with van der Waals surface area (Å²) < 4.78 is 12.1. The second-order valence-corrected chi connectivity index (χ2v) is 6.42. The smallest absolute Gasteiger partial charge is 0.272 e. The highest BCUT2D eigenvalue weighted by Gasteiger charge is 2.47. The summed E-state index contributed by atoms with van der Waals surface area (Å²) in [7, 11) is 0. The van der Waals surface area contributed by atoms with Gasteiger partial charge in [-0.15, -0.1) is 0 Å². The highest BCUT2D eigenvalue weighted by molar-refractivity contribution is 5.92. The van der Waals surface area contributed by atoms with E-state index in [2.05, 4.69) is 9.97 Å². The molecule has 0 radical (unpaired) electrons. The molecule has 6 heteroatoms. The summed E-state index contributed by atoms with van der Waals surface area (Å²) in [4.78, 5) is 23.0. The lowest BCUT2D eigenvalue weighted by molar-refractivity contribution is -0.0809. The molecule has 0 unspecified atom stereocenters. The van der Waals surface area contributed by atoms with Gasteiger partial charge in [0.2, 0.25) is 0 Å². The molecule has 2 fully saturated rings. The molecule has 0 spiro atoms. The normalized spacial score (nSPS) is 25.6. The maximum Gasteiger partial charge on any atom is 0.272 e. The number of rotatable bonds is 4. The van der Waals surface area contributed by atoms with Gasteiger partial charge in [-0.05, 0) is 42.7 Å². The molecular weight excluding hydrogens is 318 g/mol. The second-order valence-electron chi connectivity index (χ2n) is 6.42. The first-order chi connectivity index (χ1) is 12.3. The van der Waals surface area contributed by atoms with E-state index in [1.807, 2.05) is 29.2 Å². The first-order valence-corrected chi connectivity index (χ1v) is 8.67. The first kappa shape index (κ1) is 16.2. The Hall–Kier alpha value is -2.31. The van der Waals surface area contributed by atoms with Crippen molar-refractivity contribution in [1.82, 2.24) is 14.9 Å². The monoisotopic (exact) mass is 339 g/mol. The number of amides is 1. The number of pyridine rings is 2. The molecule has 2 aliphatic rings. The predicted molar refractivity (Wildman–Crippen MR) is 90.8 cm³/mol. The molecule has 2 aromatic rings. The van der Waals surface area contributed by atoms with Crippen molar-refractivity contribution >= 4 is 5.91 Å². The van der Waals surface area contributed by atoms with Gasteiger partial charge in [-0.3, -0.25) is 14.8 Å². The zero-order chi connectivity index (χ0) is 17.1. The maximum absolute atomic E-state index is 12.9. The molecule has 0 N–H and O–H groups in total. The van der Waals surface area contributed by atoms with Crippen LogP contribution in [-0.4, -0.2) is 52.2 Å². The highest BCUT2D eigenvalue weighted by atomic mass is 16.5. The molecule has 25 heavy (non-hydrogen) atoms. The fraction of sp³-hybridized carbons (Fsp3) is 0.421. The van der Waals surface area contributed by atoms with Crippen molar-refractivity contribution in [1.29, 1.82) is 0 Å². The molecular formula is C19H21N3O3. The van der Waals surface area contributed by atoms with Crippen LogP contribution in [0, 0.1) is 0 Å². The Morgan fingerprint density at radius 1 is 1.24 bits per heavy atom. The molecule has 0 saturated carbocycles. The Kier molecular flexibility index (Phi) is 4.72. The lowest BCUT2D eigenvalue weighted by atomic mass is 10.0. The van der Waals surface area contributed by atoms with E-state index in [4.69, 9.17) is 9.47 Å². The van der Waals surface area contributed by atoms with Gasteiger partial charge >= 0.3 is 0 Å². The van der Waals surface area contributed by atoms with Crippen molar-refractivity contribution in [2.45, 2.75) is 37.7 Å². The van der Waals surface area contributed by atoms with Crippen LogP contribution >= 0.6 is 0 Å². The third-order valence-electron chi connectivity index (χ3n) is 4.84. The van der Waals surface area contributed by atoms with Gasteiger partial charge in [-0.2, -0.15) is 0 Å². The molecule has 130 valence electrons. The Morgan fingerprint density at radius 2 is 2.12 bits per heavy atom. The van der Waals surface area contributed by atoms with Crippen molar-refractivity contribution in [3.63, 3.8) is 0 Å². The fourth-order valence-electron chi connectivity index (χ4n) is 3.61. The minimum absolute atomic E-state index is 0.0453. The number of hydrogen-bond donors (Lipinski definition) is 0. The molecule has 2 aromatic heterocycles. The minimum Gasteiger partial charge on any atom is -0.373 e. The van der Waals surface area contributed by atoms with E-state index in [9.17, 15) is 4.79 Å². The average molecular weight is 339 g/mol. The Labute approximate surface area is 146 Å². The van der Waals surface area contributed by atoms with Crippen LogP contribution in [0.3, 0.4) is 0 Å². The Morgan fingerprint density at radius 3 is 2.92 bits per heavy atom. The van der Waals surface area contributed by atoms with Gasteiger partial charge in [0.25, 0.3) is 5.91 Å². The number of carbonyl (C=O) groups is 1. The number of carbonyl (C=O) groups excluding carboxylic acids is 1. The van der Waals surface area contributed by atoms with Gasteiger partial charge in [0.15, 0.2) is 0 Å². The van der Waals surface area contributed by atoms with Crippen molar-refractivity contribution < 1.29 is 14.3 Å². The van der Waals surface area contributed by atoms with Crippen molar-refractivity contribution in [2.24, 2.45) is 0 Å². The highest BCUT2D eigenvalue weighted by Crippen LogP contribution is 2.32. The predicted octanol–water partition coefficient (Wildman–Crippen LogP) is 2.07. The number of hydrogen-bond acceptors (Lipinski definition) is 5. The number of fused-ring (bicyclic) bond motifs is 1. The van der Waals surface area contributed by atoms with Crippen LogP contribution in [0.1, 0.15) is 28.9 Å². The van der Waals surface area contributed by atoms with E-state index in [0.29, 0.717) is 18.8 Å². The summed E-state index contributed by atoms with van der Waals surface area (Å²) in [6, 6.07) is 9.34. The van der Waals surface area contributed by atoms with Crippen LogP contribution in [0.15, 0.2) is 48.9 Å². The van der Waals surface area contributed by atoms with Crippen molar-refractivity contribution in [3.05, 3.63) is 60.2 Å². The standard InChI is InChI=1S/C19H21N3O3/c23-19(15-4-1-2-8-21-15)22-12-17(18-16(22)5-3-11-24-18)25-13-14-6-9-20-10-7-14/h1-2,4,6-10,16-18H,3,5,11-13H2/t16-,17+,18+/m1/s1. The SMILES string of the molecule is O=C(c1ccccn1)N1C[C@H](OCc2ccncc2)[C@H]2OCCC[C@H]21. The summed E-state index contributed by atoms with van der Waals surface area (Å²) >= 11 is 0. The molecule has 0 aromatic carbocycles. The molecule has 1 amide bonds. The second kappa shape index (κ2) is 7.29. The third kappa shape index (κ3) is 3.41. The molecule has 4 heterocycles. The van der Waals surface area contributed by atoms with Crippen molar-refractivity contribution in [2.75, 3.05) is 13.2 Å². The van der Waals surface area contributed by atoms with Crippen LogP contribution in [0.4, 0.5) is 0 Å². The van der Waals surface area contributed by atoms with E-state index in [1.165, 1.54) is 0 Å². The summed E-state index contributed by atoms with van der Waals surface area (Å²) in [5, 5.41) is 0. The lowest BCUT2D eigenvalue weighted by Crippen LogP contribution is -2.44. The molecule has 2 saturated heterocycles. The van der Waals surface area contributed by atoms with Crippen molar-refractivity contribution in [3.8, 4) is 0 Å². The molecule has 0 bridgehead atoms. The Bertz CT molecular complexity index is 710. The van der Waals surface area contributed by atoms with Crippen LogP contribution in [0.25, 0.3) is 0 Å². The van der Waals surface area contributed by atoms with E-state index >= 15 is 0 Å². The Balaban J connectivity index is 1.48. The van der Waals surface area contributed by atoms with Gasteiger partial charge in [-0.25, -0.2) is 0 Å². The van der Waals surface area contributed by atoms with E-state index in [-0.39, 0.29) is 24.2 Å². The average Bonchev–Trinajstić information content (AvgIpc) is 3.06. The van der Waals surface area contributed by atoms with E-state index in [0.717, 1.165) is 25.0 Å². The first-order valence-electron chi connectivity index (χ1n) is 8.67. The lowest BCUT2D eigenvalue weighted by Gasteiger charge is -2.32. The fourth-order valence-corrected chi connectivity index (χ4v) is 3.61. The van der Waals surface area contributed by atoms with Crippen LogP contribution in [0.5, 0.6) is 0 Å². The summed E-state index contributed by atoms with van der Waals surface area (Å²) in [6.07, 6.45) is 6.88. The molecule has 0 aliphatic carbocycles. The molecule has 2 aliphatic heterocycles. The zero-order valence-electron chi connectivity index (χ0n) is 14.0. The minimum atomic E-state index is -0.119. The summed E-state index contributed by atoms with van der Waals surface area (Å²) in [5.41, 5.74) is 1.54. The van der Waals surface area contributed by atoms with Gasteiger partial charge in [0.05, 0.1) is 19.2 Å². The third-order valence-corrected chi connectivity index (χ3v) is 4.84. The van der Waals surface area contributed by atoms with Crippen LogP contribution < -0.4 is 0 Å². The summed E-state index contributed by atoms with van der Waals surface area (Å²) in [6.45, 7) is 1.75. The number of ether oxygens (including phenoxy) is 2. The number of nitrogens with zero attached hydrogens (tertiary/aromatic N) is 3. The van der Waals surface area contributed by atoms with E-state index in [1.54, 1.807) is 24.7 Å². The number of likely N-dealkylation sites (tertiary alicyclic amines) is 1. The largest absolute Gasteiger partial charge is 0.373 e. The van der Waals surface area contributed by atoms with Gasteiger partial charge < -0.3 is 14.4 Å². The van der Waals surface area contributed by atoms with Gasteiger partial charge in [-0.1, -0.05) is 6.07 Å².